The number of rotatable bonds is 8. The minimum absolute atomic E-state index is 0.0134. The number of hydrogen-bond acceptors (Lipinski definition) is 4. The van der Waals surface area contributed by atoms with Gasteiger partial charge in [0.05, 0.1) is 13.7 Å². The SMILES string of the molecule is COc1ccc(CNC(N)=NCc2ccc(OC(F)(F)F)cc2)c(OC(F)F)c1. The summed E-state index contributed by atoms with van der Waals surface area (Å²) in [6, 6.07) is 9.58. The van der Waals surface area contributed by atoms with Gasteiger partial charge in [-0.1, -0.05) is 12.1 Å². The van der Waals surface area contributed by atoms with Crippen molar-refractivity contribution >= 4 is 5.96 Å². The van der Waals surface area contributed by atoms with Gasteiger partial charge in [-0.3, -0.25) is 0 Å². The van der Waals surface area contributed by atoms with E-state index in [1.165, 1.54) is 31.4 Å². The van der Waals surface area contributed by atoms with E-state index in [1.54, 1.807) is 6.07 Å². The van der Waals surface area contributed by atoms with Crippen LogP contribution in [-0.4, -0.2) is 26.0 Å². The van der Waals surface area contributed by atoms with Crippen molar-refractivity contribution in [2.75, 3.05) is 7.11 Å². The molecule has 0 unspecified atom stereocenters. The Bertz CT molecular complexity index is 826. The fourth-order valence-electron chi connectivity index (χ4n) is 2.23. The number of nitrogens with two attached hydrogens (primary N) is 1. The van der Waals surface area contributed by atoms with Crippen LogP contribution in [0.4, 0.5) is 22.0 Å². The zero-order valence-electron chi connectivity index (χ0n) is 15.2. The highest BCUT2D eigenvalue weighted by molar-refractivity contribution is 5.77. The molecule has 0 fully saturated rings. The molecule has 0 heterocycles. The van der Waals surface area contributed by atoms with Crippen molar-refractivity contribution in [2.45, 2.75) is 26.1 Å². The number of nitrogens with zero attached hydrogens (tertiary/aromatic N) is 1. The molecule has 158 valence electrons. The van der Waals surface area contributed by atoms with Crippen molar-refractivity contribution in [3.63, 3.8) is 0 Å². The molecule has 2 rings (SSSR count). The monoisotopic (exact) mass is 419 g/mol. The second-order valence-corrected chi connectivity index (χ2v) is 5.60. The number of nitrogens with one attached hydrogen (secondary N) is 1. The normalized spacial score (nSPS) is 12.0. The summed E-state index contributed by atoms with van der Waals surface area (Å²) in [6.45, 7) is -2.86. The smallest absolute Gasteiger partial charge is 0.497 e. The van der Waals surface area contributed by atoms with Crippen molar-refractivity contribution in [1.82, 2.24) is 5.32 Å². The second-order valence-electron chi connectivity index (χ2n) is 5.60. The predicted octanol–water partition coefficient (Wildman–Crippen LogP) is 3.80. The Kier molecular flexibility index (Phi) is 7.46. The maximum absolute atomic E-state index is 12.6. The number of halogens is 5. The molecule has 0 bridgehead atoms. The van der Waals surface area contributed by atoms with Gasteiger partial charge < -0.3 is 25.3 Å². The van der Waals surface area contributed by atoms with Gasteiger partial charge in [0.1, 0.15) is 17.2 Å². The van der Waals surface area contributed by atoms with Gasteiger partial charge in [0.15, 0.2) is 5.96 Å². The minimum atomic E-state index is -4.76. The Morgan fingerprint density at radius 2 is 1.76 bits per heavy atom. The van der Waals surface area contributed by atoms with Crippen molar-refractivity contribution in [3.05, 3.63) is 53.6 Å². The second kappa shape index (κ2) is 9.80. The molecule has 0 saturated heterocycles. The van der Waals surface area contributed by atoms with E-state index in [0.29, 0.717) is 16.9 Å². The minimum Gasteiger partial charge on any atom is -0.497 e. The van der Waals surface area contributed by atoms with Crippen LogP contribution in [0.2, 0.25) is 0 Å². The van der Waals surface area contributed by atoms with E-state index in [-0.39, 0.29) is 30.5 Å². The first-order chi connectivity index (χ1) is 13.7. The van der Waals surface area contributed by atoms with E-state index < -0.39 is 13.0 Å². The van der Waals surface area contributed by atoms with Gasteiger partial charge >= 0.3 is 13.0 Å². The molecular weight excluding hydrogens is 401 g/mol. The third-order valence-corrected chi connectivity index (χ3v) is 3.54. The van der Waals surface area contributed by atoms with Crippen LogP contribution in [0.25, 0.3) is 0 Å². The molecule has 0 saturated carbocycles. The first-order valence-corrected chi connectivity index (χ1v) is 8.16. The summed E-state index contributed by atoms with van der Waals surface area (Å²) in [7, 11) is 1.39. The summed E-state index contributed by atoms with van der Waals surface area (Å²) in [6.07, 6.45) is -4.76. The van der Waals surface area contributed by atoms with Gasteiger partial charge in [-0.05, 0) is 29.8 Å². The molecule has 0 aliphatic rings. The van der Waals surface area contributed by atoms with Gasteiger partial charge in [-0.2, -0.15) is 8.78 Å². The molecule has 0 spiro atoms. The van der Waals surface area contributed by atoms with Gasteiger partial charge in [0.2, 0.25) is 0 Å². The van der Waals surface area contributed by atoms with Gasteiger partial charge in [0.25, 0.3) is 0 Å². The lowest BCUT2D eigenvalue weighted by Gasteiger charge is -2.13. The Balaban J connectivity index is 1.95. The van der Waals surface area contributed by atoms with E-state index in [4.69, 9.17) is 10.5 Å². The molecule has 0 atom stereocenters. The van der Waals surface area contributed by atoms with Crippen molar-refractivity contribution in [3.8, 4) is 17.2 Å². The Morgan fingerprint density at radius 3 is 2.34 bits per heavy atom. The number of ether oxygens (including phenoxy) is 3. The fourth-order valence-corrected chi connectivity index (χ4v) is 2.23. The largest absolute Gasteiger partial charge is 0.573 e. The number of alkyl halides is 5. The summed E-state index contributed by atoms with van der Waals surface area (Å²) in [4.78, 5) is 4.04. The molecule has 0 amide bonds. The molecule has 0 radical (unpaired) electrons. The molecule has 0 aliphatic carbocycles. The third kappa shape index (κ3) is 7.72. The highest BCUT2D eigenvalue weighted by atomic mass is 19.4. The highest BCUT2D eigenvalue weighted by Gasteiger charge is 2.30. The summed E-state index contributed by atoms with van der Waals surface area (Å²) >= 11 is 0. The third-order valence-electron chi connectivity index (χ3n) is 3.54. The summed E-state index contributed by atoms with van der Waals surface area (Å²) in [5, 5.41) is 2.75. The maximum Gasteiger partial charge on any atom is 0.573 e. The standard InChI is InChI=1S/C18H18F5N3O3/c1-27-14-7-4-12(15(8-14)28-16(19)20)10-26-17(24)25-9-11-2-5-13(6-3-11)29-18(21,22)23/h2-8,16H,9-10H2,1H3,(H3,24,25,26). The average molecular weight is 419 g/mol. The first-order valence-electron chi connectivity index (χ1n) is 8.16. The average Bonchev–Trinajstić information content (AvgIpc) is 2.64. The van der Waals surface area contributed by atoms with Crippen molar-refractivity contribution in [2.24, 2.45) is 10.7 Å². The number of methoxy groups -OCH3 is 1. The fraction of sp³-hybridized carbons (Fsp3) is 0.278. The van der Waals surface area contributed by atoms with E-state index in [9.17, 15) is 22.0 Å². The van der Waals surface area contributed by atoms with Crippen LogP contribution in [-0.2, 0) is 13.1 Å². The van der Waals surface area contributed by atoms with E-state index in [1.807, 2.05) is 0 Å². The van der Waals surface area contributed by atoms with Crippen LogP contribution in [0.3, 0.4) is 0 Å². The maximum atomic E-state index is 12.6. The predicted molar refractivity (Wildman–Crippen MR) is 94.9 cm³/mol. The Labute approximate surface area is 163 Å². The molecule has 0 aliphatic heterocycles. The molecule has 6 nitrogen and oxygen atoms in total. The zero-order valence-corrected chi connectivity index (χ0v) is 15.2. The molecule has 2 aromatic carbocycles. The molecule has 3 N–H and O–H groups in total. The molecule has 29 heavy (non-hydrogen) atoms. The first kappa shape index (κ1) is 22.1. The highest BCUT2D eigenvalue weighted by Crippen LogP contribution is 2.26. The lowest BCUT2D eigenvalue weighted by Crippen LogP contribution is -2.31. The Morgan fingerprint density at radius 1 is 1.10 bits per heavy atom. The summed E-state index contributed by atoms with van der Waals surface area (Å²) in [5.41, 5.74) is 6.74. The van der Waals surface area contributed by atoms with Crippen LogP contribution in [0.1, 0.15) is 11.1 Å². The quantitative estimate of drug-likeness (QED) is 0.387. The van der Waals surface area contributed by atoms with Crippen LogP contribution >= 0.6 is 0 Å². The van der Waals surface area contributed by atoms with Crippen LogP contribution < -0.4 is 25.3 Å². The number of guanidine groups is 1. The lowest BCUT2D eigenvalue weighted by atomic mass is 10.2. The molecule has 11 heteroatoms. The van der Waals surface area contributed by atoms with Crippen LogP contribution in [0, 0.1) is 0 Å². The number of aliphatic imine (C=N–C) groups is 1. The van der Waals surface area contributed by atoms with Crippen molar-refractivity contribution < 1.29 is 36.2 Å². The number of hydrogen-bond donors (Lipinski definition) is 2. The van der Waals surface area contributed by atoms with E-state index in [0.717, 1.165) is 12.1 Å². The lowest BCUT2D eigenvalue weighted by molar-refractivity contribution is -0.274. The molecular formula is C18H18F5N3O3. The molecule has 0 aromatic heterocycles. The Hall–Kier alpha value is -3.24. The summed E-state index contributed by atoms with van der Waals surface area (Å²) < 4.78 is 74.7. The van der Waals surface area contributed by atoms with Crippen LogP contribution in [0.5, 0.6) is 17.2 Å². The molecule has 2 aromatic rings. The van der Waals surface area contributed by atoms with Gasteiger partial charge in [0, 0.05) is 18.2 Å². The summed E-state index contributed by atoms with van der Waals surface area (Å²) in [5.74, 6) is -0.0503. The topological polar surface area (TPSA) is 78.1 Å². The van der Waals surface area contributed by atoms with E-state index >= 15 is 0 Å². The van der Waals surface area contributed by atoms with E-state index in [2.05, 4.69) is 19.8 Å². The zero-order chi connectivity index (χ0) is 21.4. The van der Waals surface area contributed by atoms with Crippen LogP contribution in [0.15, 0.2) is 47.5 Å². The van der Waals surface area contributed by atoms with Gasteiger partial charge in [-0.15, -0.1) is 13.2 Å². The number of benzene rings is 2. The van der Waals surface area contributed by atoms with Gasteiger partial charge in [-0.25, -0.2) is 4.99 Å². The van der Waals surface area contributed by atoms with Crippen molar-refractivity contribution in [1.29, 1.82) is 0 Å².